The first-order chi connectivity index (χ1) is 22.8. The van der Waals surface area contributed by atoms with E-state index in [-0.39, 0.29) is 48.9 Å². The minimum Gasteiger partial charge on any atom is -0.528 e. The summed E-state index contributed by atoms with van der Waals surface area (Å²) in [6.07, 6.45) is -7.06. The molecular formula is C32H20F5N4O6S-. The molecule has 0 saturated heterocycles. The molecule has 0 radical (unpaired) electrons. The highest BCUT2D eigenvalue weighted by Crippen LogP contribution is 2.34. The SMILES string of the molecule is COc1ccccc1C(=O)Cn1c(=O)c2cc(CC(F)(F)F)sc2n(Cc2c(F)cc(-c3ccccc3-c3noc([O-])n3)cc2F)c1=O. The second kappa shape index (κ2) is 12.5. The smallest absolute Gasteiger partial charge is 0.393 e. The number of carbonyl (C=O) groups excluding carboxylic acids is 1. The average molecular weight is 684 g/mol. The van der Waals surface area contributed by atoms with Crippen molar-refractivity contribution in [2.24, 2.45) is 0 Å². The molecule has 3 aromatic carbocycles. The second-order valence-electron chi connectivity index (χ2n) is 10.5. The summed E-state index contributed by atoms with van der Waals surface area (Å²) in [5, 5.41) is 14.7. The third kappa shape index (κ3) is 6.21. The highest BCUT2D eigenvalue weighted by Gasteiger charge is 2.30. The minimum absolute atomic E-state index is 0.00931. The van der Waals surface area contributed by atoms with Crippen LogP contribution in [0.2, 0.25) is 0 Å². The van der Waals surface area contributed by atoms with Gasteiger partial charge in [0.15, 0.2) is 17.7 Å². The zero-order valence-electron chi connectivity index (χ0n) is 24.5. The van der Waals surface area contributed by atoms with Crippen LogP contribution in [-0.4, -0.2) is 38.3 Å². The Bertz CT molecular complexity index is 2300. The zero-order valence-corrected chi connectivity index (χ0v) is 25.3. The van der Waals surface area contributed by atoms with Gasteiger partial charge in [-0.3, -0.25) is 18.7 Å². The van der Waals surface area contributed by atoms with E-state index in [1.165, 1.54) is 37.4 Å². The summed E-state index contributed by atoms with van der Waals surface area (Å²) >= 11 is 0.473. The monoisotopic (exact) mass is 683 g/mol. The van der Waals surface area contributed by atoms with Gasteiger partial charge in [-0.05, 0) is 41.5 Å². The highest BCUT2D eigenvalue weighted by molar-refractivity contribution is 7.18. The number of alkyl halides is 3. The molecule has 3 aromatic heterocycles. The number of methoxy groups -OCH3 is 1. The Labute approximate surface area is 269 Å². The van der Waals surface area contributed by atoms with Gasteiger partial charge < -0.3 is 14.4 Å². The third-order valence-electron chi connectivity index (χ3n) is 7.37. The van der Waals surface area contributed by atoms with Gasteiger partial charge in [-0.2, -0.15) is 18.3 Å². The van der Waals surface area contributed by atoms with Crippen molar-refractivity contribution in [2.45, 2.75) is 25.7 Å². The number of fused-ring (bicyclic) bond motifs is 1. The van der Waals surface area contributed by atoms with Gasteiger partial charge in [-0.1, -0.05) is 36.4 Å². The molecule has 246 valence electrons. The molecule has 0 aliphatic carbocycles. The molecule has 0 aliphatic heterocycles. The van der Waals surface area contributed by atoms with Crippen molar-refractivity contribution in [3.05, 3.63) is 115 Å². The van der Waals surface area contributed by atoms with Crippen LogP contribution in [0.15, 0.2) is 80.8 Å². The average Bonchev–Trinajstić information content (AvgIpc) is 3.67. The Morgan fingerprint density at radius 3 is 2.29 bits per heavy atom. The molecule has 0 N–H and O–H groups in total. The van der Waals surface area contributed by atoms with Gasteiger partial charge in [-0.15, -0.1) is 11.3 Å². The number of nitrogens with zero attached hydrogens (tertiary/aromatic N) is 4. The fourth-order valence-corrected chi connectivity index (χ4v) is 6.40. The van der Waals surface area contributed by atoms with Gasteiger partial charge in [0, 0.05) is 16.0 Å². The normalized spacial score (nSPS) is 11.7. The van der Waals surface area contributed by atoms with E-state index in [2.05, 4.69) is 14.7 Å². The van der Waals surface area contributed by atoms with Crippen molar-refractivity contribution in [3.63, 3.8) is 0 Å². The molecule has 0 fully saturated rings. The first-order valence-electron chi connectivity index (χ1n) is 13.9. The van der Waals surface area contributed by atoms with Crippen molar-refractivity contribution in [2.75, 3.05) is 7.11 Å². The summed E-state index contributed by atoms with van der Waals surface area (Å²) in [4.78, 5) is 43.5. The summed E-state index contributed by atoms with van der Waals surface area (Å²) in [7, 11) is 1.31. The van der Waals surface area contributed by atoms with E-state index >= 15 is 8.78 Å². The van der Waals surface area contributed by atoms with Crippen molar-refractivity contribution in [1.29, 1.82) is 0 Å². The van der Waals surface area contributed by atoms with Crippen LogP contribution in [0, 0.1) is 11.6 Å². The lowest BCUT2D eigenvalue weighted by Crippen LogP contribution is -2.41. The molecule has 10 nitrogen and oxygen atoms in total. The van der Waals surface area contributed by atoms with E-state index in [0.29, 0.717) is 15.9 Å². The predicted molar refractivity (Wildman–Crippen MR) is 161 cm³/mol. The Kier molecular flexibility index (Phi) is 8.43. The molecule has 0 unspecified atom stereocenters. The van der Waals surface area contributed by atoms with E-state index in [0.717, 1.165) is 22.8 Å². The largest absolute Gasteiger partial charge is 0.528 e. The number of halogens is 5. The highest BCUT2D eigenvalue weighted by atomic mass is 32.1. The quantitative estimate of drug-likeness (QED) is 0.148. The fourth-order valence-electron chi connectivity index (χ4n) is 5.23. The number of rotatable bonds is 9. The summed E-state index contributed by atoms with van der Waals surface area (Å²) in [5.41, 5.74) is -2.36. The number of Topliss-reactive ketones (excluding diaryl/α,β-unsaturated/α-hetero) is 1. The van der Waals surface area contributed by atoms with Gasteiger partial charge >= 0.3 is 11.9 Å². The fraction of sp³-hybridized carbons (Fsp3) is 0.156. The Morgan fingerprint density at radius 2 is 1.65 bits per heavy atom. The molecular weight excluding hydrogens is 663 g/mol. The summed E-state index contributed by atoms with van der Waals surface area (Å²) in [6, 6.07) is 15.0. The standard InChI is InChI=1S/C32H21F5N4O6S/c1-46-26-9-5-4-8-20(26)25(42)15-40-28(43)21-12-17(13-32(35,36)37)48-29(21)41(31(40)45)14-22-23(33)10-16(11-24(22)34)18-6-2-3-7-19(18)27-38-30(44)47-39-27/h2-12H,13-15H2,1H3,(H,38,39,44)/p-1. The molecule has 6 aromatic rings. The van der Waals surface area contributed by atoms with E-state index < -0.39 is 66.0 Å². The number of hydrogen-bond donors (Lipinski definition) is 0. The number of para-hydroxylation sites is 1. The molecule has 0 saturated carbocycles. The lowest BCUT2D eigenvalue weighted by atomic mass is 9.97. The number of ether oxygens (including phenoxy) is 1. The number of hydrogen-bond acceptors (Lipinski definition) is 9. The molecule has 6 rings (SSSR count). The number of thiophene rings is 1. The van der Waals surface area contributed by atoms with Gasteiger partial charge in [0.1, 0.15) is 22.2 Å². The van der Waals surface area contributed by atoms with Crippen molar-refractivity contribution >= 4 is 27.3 Å². The third-order valence-corrected chi connectivity index (χ3v) is 8.53. The van der Waals surface area contributed by atoms with Crippen LogP contribution in [0.25, 0.3) is 32.7 Å². The van der Waals surface area contributed by atoms with Crippen molar-refractivity contribution in [1.82, 2.24) is 19.3 Å². The molecule has 48 heavy (non-hydrogen) atoms. The van der Waals surface area contributed by atoms with Gasteiger partial charge in [0.25, 0.3) is 5.56 Å². The molecule has 0 bridgehead atoms. The maximum atomic E-state index is 15.7. The predicted octanol–water partition coefficient (Wildman–Crippen LogP) is 5.34. The second-order valence-corrected chi connectivity index (χ2v) is 11.6. The van der Waals surface area contributed by atoms with Crippen LogP contribution in [-0.2, 0) is 19.5 Å². The van der Waals surface area contributed by atoms with E-state index in [1.54, 1.807) is 18.2 Å². The van der Waals surface area contributed by atoms with Gasteiger partial charge in [0.05, 0.1) is 37.6 Å². The van der Waals surface area contributed by atoms with Crippen LogP contribution in [0.1, 0.15) is 20.8 Å². The van der Waals surface area contributed by atoms with Crippen LogP contribution in [0.4, 0.5) is 22.0 Å². The topological polar surface area (TPSA) is 132 Å². The Morgan fingerprint density at radius 1 is 0.979 bits per heavy atom. The molecule has 0 amide bonds. The van der Waals surface area contributed by atoms with Gasteiger partial charge in [-0.25, -0.2) is 18.6 Å². The molecule has 3 heterocycles. The van der Waals surface area contributed by atoms with E-state index in [4.69, 9.17) is 4.74 Å². The molecule has 0 aliphatic rings. The minimum atomic E-state index is -4.66. The summed E-state index contributed by atoms with van der Waals surface area (Å²) in [5.74, 6) is -2.96. The van der Waals surface area contributed by atoms with E-state index in [1.807, 2.05) is 0 Å². The van der Waals surface area contributed by atoms with Gasteiger partial charge in [0.2, 0.25) is 0 Å². The molecule has 0 atom stereocenters. The van der Waals surface area contributed by atoms with Crippen LogP contribution in [0.5, 0.6) is 11.8 Å². The number of carbonyl (C=O) groups is 1. The van der Waals surface area contributed by atoms with Crippen LogP contribution in [0.3, 0.4) is 0 Å². The van der Waals surface area contributed by atoms with E-state index in [9.17, 15) is 32.7 Å². The Hall–Kier alpha value is -5.64. The summed E-state index contributed by atoms with van der Waals surface area (Å²) in [6.45, 7) is -1.67. The van der Waals surface area contributed by atoms with Crippen molar-refractivity contribution < 1.29 is 41.1 Å². The van der Waals surface area contributed by atoms with Crippen molar-refractivity contribution in [3.8, 4) is 34.3 Å². The van der Waals surface area contributed by atoms with Crippen LogP contribution < -0.4 is 21.1 Å². The molecule has 0 spiro atoms. The Balaban J connectivity index is 1.47. The maximum Gasteiger partial charge on any atom is 0.393 e. The molecule has 16 heteroatoms. The zero-order chi connectivity index (χ0) is 34.3. The maximum absolute atomic E-state index is 15.7. The summed E-state index contributed by atoms with van der Waals surface area (Å²) < 4.78 is 82.3. The van der Waals surface area contributed by atoms with Crippen LogP contribution >= 0.6 is 11.3 Å². The lowest BCUT2D eigenvalue weighted by molar-refractivity contribution is -0.303. The number of aromatic nitrogens is 4. The number of ketones is 1. The first kappa shape index (κ1) is 32.3. The lowest BCUT2D eigenvalue weighted by Gasteiger charge is -2.15. The number of benzene rings is 3. The first-order valence-corrected chi connectivity index (χ1v) is 14.7.